The summed E-state index contributed by atoms with van der Waals surface area (Å²) in [5.41, 5.74) is 0. The van der Waals surface area contributed by atoms with Crippen LogP contribution in [0.2, 0.25) is 0 Å². The molecule has 0 N–H and O–H groups in total. The Morgan fingerprint density at radius 1 is 1.43 bits per heavy atom. The zero-order valence-electron chi connectivity index (χ0n) is 8.66. The molecule has 1 atom stereocenters. The van der Waals surface area contributed by atoms with Crippen molar-refractivity contribution in [3.8, 4) is 0 Å². The molecule has 0 radical (unpaired) electrons. The molecule has 0 amide bonds. The van der Waals surface area contributed by atoms with Crippen molar-refractivity contribution in [3.05, 3.63) is 0 Å². The molecule has 0 aliphatic carbocycles. The molecule has 0 aromatic heterocycles. The van der Waals surface area contributed by atoms with E-state index in [2.05, 4.69) is 4.74 Å². The van der Waals surface area contributed by atoms with Gasteiger partial charge in [0.25, 0.3) is 0 Å². The lowest BCUT2D eigenvalue weighted by Gasteiger charge is -2.22. The third-order valence-corrected chi connectivity index (χ3v) is 2.27. The fraction of sp³-hybridized carbons (Fsp3) is 0.900. The van der Waals surface area contributed by atoms with Crippen molar-refractivity contribution in [2.24, 2.45) is 0 Å². The van der Waals surface area contributed by atoms with E-state index in [9.17, 15) is 4.79 Å². The number of hydrogen-bond donors (Lipinski definition) is 0. The van der Waals surface area contributed by atoms with E-state index in [1.165, 1.54) is 7.11 Å². The van der Waals surface area contributed by atoms with Gasteiger partial charge in [0, 0.05) is 6.42 Å². The topological polar surface area (TPSA) is 44.8 Å². The first-order valence-corrected chi connectivity index (χ1v) is 5.09. The highest BCUT2D eigenvalue weighted by Crippen LogP contribution is 2.10. The Hall–Kier alpha value is -0.610. The lowest BCUT2D eigenvalue weighted by molar-refractivity contribution is -0.140. The van der Waals surface area contributed by atoms with Gasteiger partial charge in [-0.25, -0.2) is 0 Å². The van der Waals surface area contributed by atoms with Crippen molar-refractivity contribution in [2.45, 2.75) is 31.8 Å². The highest BCUT2D eigenvalue weighted by Gasteiger charge is 2.13. The molecule has 82 valence electrons. The lowest BCUT2D eigenvalue weighted by Crippen LogP contribution is -2.28. The summed E-state index contributed by atoms with van der Waals surface area (Å²) in [6, 6.07) is 0. The van der Waals surface area contributed by atoms with E-state index in [4.69, 9.17) is 9.47 Å². The SMILES string of the molecule is COC(=O)CCCC[C@H]1COCCO1. The maximum absolute atomic E-state index is 10.8. The van der Waals surface area contributed by atoms with E-state index in [0.717, 1.165) is 19.3 Å². The lowest BCUT2D eigenvalue weighted by atomic mass is 10.1. The summed E-state index contributed by atoms with van der Waals surface area (Å²) in [4.78, 5) is 10.8. The highest BCUT2D eigenvalue weighted by molar-refractivity contribution is 5.68. The van der Waals surface area contributed by atoms with Crippen molar-refractivity contribution >= 4 is 5.97 Å². The van der Waals surface area contributed by atoms with Gasteiger partial charge in [0.15, 0.2) is 0 Å². The van der Waals surface area contributed by atoms with Gasteiger partial charge in [-0.15, -0.1) is 0 Å². The molecule has 0 aromatic carbocycles. The average molecular weight is 202 g/mol. The van der Waals surface area contributed by atoms with Crippen LogP contribution in [0.25, 0.3) is 0 Å². The molecule has 0 bridgehead atoms. The second kappa shape index (κ2) is 6.79. The number of ether oxygens (including phenoxy) is 3. The van der Waals surface area contributed by atoms with Crippen LogP contribution >= 0.6 is 0 Å². The molecule has 4 nitrogen and oxygen atoms in total. The summed E-state index contributed by atoms with van der Waals surface area (Å²) in [6.45, 7) is 2.10. The minimum Gasteiger partial charge on any atom is -0.469 e. The monoisotopic (exact) mass is 202 g/mol. The number of rotatable bonds is 5. The largest absolute Gasteiger partial charge is 0.469 e. The maximum Gasteiger partial charge on any atom is 0.305 e. The second-order valence-electron chi connectivity index (χ2n) is 3.39. The number of esters is 1. The molecule has 0 aromatic rings. The molecule has 1 fully saturated rings. The molecule has 4 heteroatoms. The normalized spacial score (nSPS) is 21.9. The molecule has 14 heavy (non-hydrogen) atoms. The van der Waals surface area contributed by atoms with Crippen LogP contribution in [0.3, 0.4) is 0 Å². The first-order chi connectivity index (χ1) is 6.83. The van der Waals surface area contributed by atoms with Crippen molar-refractivity contribution in [1.29, 1.82) is 0 Å². The number of unbranched alkanes of at least 4 members (excludes halogenated alkanes) is 1. The summed E-state index contributed by atoms with van der Waals surface area (Å²) in [5.74, 6) is -0.134. The first-order valence-electron chi connectivity index (χ1n) is 5.09. The minimum atomic E-state index is -0.134. The van der Waals surface area contributed by atoms with Crippen molar-refractivity contribution in [2.75, 3.05) is 26.9 Å². The number of carbonyl (C=O) groups is 1. The van der Waals surface area contributed by atoms with Crippen molar-refractivity contribution in [3.63, 3.8) is 0 Å². The van der Waals surface area contributed by atoms with Gasteiger partial charge >= 0.3 is 5.97 Å². The van der Waals surface area contributed by atoms with Crippen LogP contribution < -0.4 is 0 Å². The van der Waals surface area contributed by atoms with Crippen molar-refractivity contribution < 1.29 is 19.0 Å². The van der Waals surface area contributed by atoms with Gasteiger partial charge in [0.1, 0.15) is 0 Å². The van der Waals surface area contributed by atoms with Crippen LogP contribution in [0.4, 0.5) is 0 Å². The standard InChI is InChI=1S/C10H18O4/c1-12-10(11)5-3-2-4-9-8-13-6-7-14-9/h9H,2-8H2,1H3/t9-/m0/s1. The summed E-state index contributed by atoms with van der Waals surface area (Å²) in [6.07, 6.45) is 3.55. The maximum atomic E-state index is 10.8. The van der Waals surface area contributed by atoms with Gasteiger partial charge in [0.2, 0.25) is 0 Å². The Labute approximate surface area is 84.5 Å². The van der Waals surface area contributed by atoms with Gasteiger partial charge in [0.05, 0.1) is 33.0 Å². The highest BCUT2D eigenvalue weighted by atomic mass is 16.6. The van der Waals surface area contributed by atoms with E-state index >= 15 is 0 Å². The van der Waals surface area contributed by atoms with E-state index < -0.39 is 0 Å². The second-order valence-corrected chi connectivity index (χ2v) is 3.39. The Balaban J connectivity index is 1.94. The Kier molecular flexibility index (Phi) is 5.56. The van der Waals surface area contributed by atoms with E-state index in [1.54, 1.807) is 0 Å². The molecule has 1 aliphatic rings. The number of methoxy groups -OCH3 is 1. The molecule has 0 saturated carbocycles. The van der Waals surface area contributed by atoms with Gasteiger partial charge in [-0.1, -0.05) is 6.42 Å². The predicted octanol–water partition coefficient (Wildman–Crippen LogP) is 1.14. The molecule has 0 spiro atoms. The van der Waals surface area contributed by atoms with Crippen LogP contribution in [-0.4, -0.2) is 39.0 Å². The molecule has 1 rings (SSSR count). The molecular formula is C10H18O4. The summed E-state index contributed by atoms with van der Waals surface area (Å²) in [7, 11) is 1.42. The third-order valence-electron chi connectivity index (χ3n) is 2.27. The van der Waals surface area contributed by atoms with Crippen LogP contribution in [0.1, 0.15) is 25.7 Å². The Morgan fingerprint density at radius 2 is 2.29 bits per heavy atom. The fourth-order valence-electron chi connectivity index (χ4n) is 1.45. The molecule has 0 unspecified atom stereocenters. The van der Waals surface area contributed by atoms with E-state index in [0.29, 0.717) is 26.2 Å². The molecular weight excluding hydrogens is 184 g/mol. The Morgan fingerprint density at radius 3 is 2.93 bits per heavy atom. The van der Waals surface area contributed by atoms with Crippen LogP contribution in [-0.2, 0) is 19.0 Å². The summed E-state index contributed by atoms with van der Waals surface area (Å²) < 4.78 is 15.3. The molecule has 1 saturated heterocycles. The molecule has 1 heterocycles. The minimum absolute atomic E-state index is 0.134. The van der Waals surface area contributed by atoms with Crippen LogP contribution in [0.15, 0.2) is 0 Å². The zero-order valence-corrected chi connectivity index (χ0v) is 8.66. The fourth-order valence-corrected chi connectivity index (χ4v) is 1.45. The van der Waals surface area contributed by atoms with Crippen molar-refractivity contribution in [1.82, 2.24) is 0 Å². The summed E-state index contributed by atoms with van der Waals surface area (Å²) >= 11 is 0. The number of hydrogen-bond acceptors (Lipinski definition) is 4. The summed E-state index contributed by atoms with van der Waals surface area (Å²) in [5, 5.41) is 0. The van der Waals surface area contributed by atoms with Gasteiger partial charge in [-0.05, 0) is 12.8 Å². The average Bonchev–Trinajstić information content (AvgIpc) is 2.25. The number of carbonyl (C=O) groups excluding carboxylic acids is 1. The van der Waals surface area contributed by atoms with Crippen LogP contribution in [0, 0.1) is 0 Å². The van der Waals surface area contributed by atoms with Gasteiger partial charge < -0.3 is 14.2 Å². The molecule has 1 aliphatic heterocycles. The van der Waals surface area contributed by atoms with Gasteiger partial charge in [-0.2, -0.15) is 0 Å². The Bertz CT molecular complexity index is 164. The third kappa shape index (κ3) is 4.58. The zero-order chi connectivity index (χ0) is 10.2. The van der Waals surface area contributed by atoms with Gasteiger partial charge in [-0.3, -0.25) is 4.79 Å². The smallest absolute Gasteiger partial charge is 0.305 e. The predicted molar refractivity (Wildman–Crippen MR) is 51.0 cm³/mol. The van der Waals surface area contributed by atoms with E-state index in [1.807, 2.05) is 0 Å². The first kappa shape index (κ1) is 11.5. The quantitative estimate of drug-likeness (QED) is 0.495. The van der Waals surface area contributed by atoms with Crippen LogP contribution in [0.5, 0.6) is 0 Å². The van der Waals surface area contributed by atoms with E-state index in [-0.39, 0.29) is 12.1 Å².